The summed E-state index contributed by atoms with van der Waals surface area (Å²) in [6.45, 7) is 1.92. The van der Waals surface area contributed by atoms with Gasteiger partial charge in [-0.2, -0.15) is 0 Å². The van der Waals surface area contributed by atoms with Crippen molar-refractivity contribution in [3.63, 3.8) is 0 Å². The molecule has 0 aliphatic heterocycles. The highest BCUT2D eigenvalue weighted by Crippen LogP contribution is 2.30. The molecule has 0 fully saturated rings. The molecule has 0 bridgehead atoms. The van der Waals surface area contributed by atoms with Gasteiger partial charge in [-0.1, -0.05) is 17.7 Å². The van der Waals surface area contributed by atoms with E-state index in [-0.39, 0.29) is 5.91 Å². The first-order valence-corrected chi connectivity index (χ1v) is 6.72. The molecular weight excluding hydrogens is 290 g/mol. The molecule has 21 heavy (non-hydrogen) atoms. The van der Waals surface area contributed by atoms with Crippen LogP contribution < -0.4 is 14.8 Å². The zero-order valence-corrected chi connectivity index (χ0v) is 12.8. The standard InChI is InChI=1S/C16H16ClNO3/c1-10-4-6-12(13(17)8-10)16(19)18-11-5-7-14(20-2)15(9-11)21-3/h4-9H,1-3H3,(H,18,19). The van der Waals surface area contributed by atoms with Crippen LogP contribution in [0.1, 0.15) is 15.9 Å². The summed E-state index contributed by atoms with van der Waals surface area (Å²) in [5, 5.41) is 3.21. The van der Waals surface area contributed by atoms with Gasteiger partial charge in [0.25, 0.3) is 5.91 Å². The number of carbonyl (C=O) groups is 1. The smallest absolute Gasteiger partial charge is 0.257 e. The summed E-state index contributed by atoms with van der Waals surface area (Å²) in [6.07, 6.45) is 0. The predicted octanol–water partition coefficient (Wildman–Crippen LogP) is 3.92. The van der Waals surface area contributed by atoms with Crippen LogP contribution in [0, 0.1) is 6.92 Å². The van der Waals surface area contributed by atoms with E-state index in [0.29, 0.717) is 27.8 Å². The van der Waals surface area contributed by atoms with Gasteiger partial charge >= 0.3 is 0 Å². The fourth-order valence-electron chi connectivity index (χ4n) is 1.92. The molecule has 0 heterocycles. The van der Waals surface area contributed by atoms with Crippen LogP contribution in [0.4, 0.5) is 5.69 Å². The highest BCUT2D eigenvalue weighted by Gasteiger charge is 2.12. The molecule has 0 atom stereocenters. The third-order valence-electron chi connectivity index (χ3n) is 3.01. The van der Waals surface area contributed by atoms with Crippen LogP contribution in [0.25, 0.3) is 0 Å². The molecule has 0 aromatic heterocycles. The number of ether oxygens (including phenoxy) is 2. The maximum atomic E-state index is 12.2. The second-order valence-electron chi connectivity index (χ2n) is 4.51. The quantitative estimate of drug-likeness (QED) is 0.931. The maximum absolute atomic E-state index is 12.2. The van der Waals surface area contributed by atoms with Gasteiger partial charge < -0.3 is 14.8 Å². The number of rotatable bonds is 4. The van der Waals surface area contributed by atoms with Crippen LogP contribution in [-0.2, 0) is 0 Å². The van der Waals surface area contributed by atoms with Crippen molar-refractivity contribution in [3.05, 3.63) is 52.5 Å². The van der Waals surface area contributed by atoms with Crippen LogP contribution >= 0.6 is 11.6 Å². The molecule has 1 amide bonds. The molecule has 0 unspecified atom stereocenters. The first-order chi connectivity index (χ1) is 10.0. The molecule has 0 saturated carbocycles. The molecule has 5 heteroatoms. The maximum Gasteiger partial charge on any atom is 0.257 e. The molecule has 0 aliphatic carbocycles. The Morgan fingerprint density at radius 1 is 1.05 bits per heavy atom. The molecule has 2 aromatic rings. The van der Waals surface area contributed by atoms with E-state index < -0.39 is 0 Å². The monoisotopic (exact) mass is 305 g/mol. The van der Waals surface area contributed by atoms with Gasteiger partial charge in [0.15, 0.2) is 11.5 Å². The first-order valence-electron chi connectivity index (χ1n) is 6.34. The molecule has 0 saturated heterocycles. The summed E-state index contributed by atoms with van der Waals surface area (Å²) in [7, 11) is 3.10. The van der Waals surface area contributed by atoms with Crippen molar-refractivity contribution < 1.29 is 14.3 Å². The number of benzene rings is 2. The van der Waals surface area contributed by atoms with E-state index in [1.807, 2.05) is 13.0 Å². The summed E-state index contributed by atoms with van der Waals surface area (Å²) in [5.41, 5.74) is 2.04. The number of hydrogen-bond donors (Lipinski definition) is 1. The van der Waals surface area contributed by atoms with Crippen molar-refractivity contribution in [1.29, 1.82) is 0 Å². The Morgan fingerprint density at radius 3 is 2.38 bits per heavy atom. The molecule has 4 nitrogen and oxygen atoms in total. The van der Waals surface area contributed by atoms with E-state index in [1.54, 1.807) is 44.6 Å². The largest absolute Gasteiger partial charge is 0.493 e. The second kappa shape index (κ2) is 6.50. The van der Waals surface area contributed by atoms with Crippen LogP contribution in [0.5, 0.6) is 11.5 Å². The lowest BCUT2D eigenvalue weighted by atomic mass is 10.1. The SMILES string of the molecule is COc1ccc(NC(=O)c2ccc(C)cc2Cl)cc1OC. The number of methoxy groups -OCH3 is 2. The van der Waals surface area contributed by atoms with E-state index in [0.717, 1.165) is 5.56 Å². The van der Waals surface area contributed by atoms with Gasteiger partial charge in [0.2, 0.25) is 0 Å². The lowest BCUT2D eigenvalue weighted by Crippen LogP contribution is -2.12. The highest BCUT2D eigenvalue weighted by atomic mass is 35.5. The van der Waals surface area contributed by atoms with Crippen molar-refractivity contribution in [2.75, 3.05) is 19.5 Å². The fraction of sp³-hybridized carbons (Fsp3) is 0.188. The minimum Gasteiger partial charge on any atom is -0.493 e. The highest BCUT2D eigenvalue weighted by molar-refractivity contribution is 6.34. The lowest BCUT2D eigenvalue weighted by Gasteiger charge is -2.11. The summed E-state index contributed by atoms with van der Waals surface area (Å²) < 4.78 is 10.4. The van der Waals surface area contributed by atoms with Crippen molar-refractivity contribution in [1.82, 2.24) is 0 Å². The summed E-state index contributed by atoms with van der Waals surface area (Å²) >= 11 is 6.09. The van der Waals surface area contributed by atoms with Crippen LogP contribution in [0.2, 0.25) is 5.02 Å². The van der Waals surface area contributed by atoms with Gasteiger partial charge in [0.05, 0.1) is 24.8 Å². The van der Waals surface area contributed by atoms with E-state index in [4.69, 9.17) is 21.1 Å². The van der Waals surface area contributed by atoms with Gasteiger partial charge in [0, 0.05) is 11.8 Å². The third kappa shape index (κ3) is 3.47. The van der Waals surface area contributed by atoms with Gasteiger partial charge in [-0.05, 0) is 36.8 Å². The summed E-state index contributed by atoms with van der Waals surface area (Å²) in [4.78, 5) is 12.2. The number of anilines is 1. The Kier molecular flexibility index (Phi) is 4.70. The topological polar surface area (TPSA) is 47.6 Å². The van der Waals surface area contributed by atoms with Gasteiger partial charge in [0.1, 0.15) is 0 Å². The third-order valence-corrected chi connectivity index (χ3v) is 3.32. The number of hydrogen-bond acceptors (Lipinski definition) is 3. The van der Waals surface area contributed by atoms with Gasteiger partial charge in [-0.3, -0.25) is 4.79 Å². The van der Waals surface area contributed by atoms with Crippen molar-refractivity contribution in [2.24, 2.45) is 0 Å². The second-order valence-corrected chi connectivity index (χ2v) is 4.91. The van der Waals surface area contributed by atoms with Crippen molar-refractivity contribution >= 4 is 23.2 Å². The zero-order chi connectivity index (χ0) is 15.4. The van der Waals surface area contributed by atoms with Crippen LogP contribution in [0.15, 0.2) is 36.4 Å². The predicted molar refractivity (Wildman–Crippen MR) is 83.7 cm³/mol. The van der Waals surface area contributed by atoms with Crippen LogP contribution in [-0.4, -0.2) is 20.1 Å². The Bertz CT molecular complexity index is 671. The van der Waals surface area contributed by atoms with Crippen molar-refractivity contribution in [3.8, 4) is 11.5 Å². The number of amides is 1. The zero-order valence-electron chi connectivity index (χ0n) is 12.1. The molecule has 2 rings (SSSR count). The Morgan fingerprint density at radius 2 is 1.76 bits per heavy atom. The van der Waals surface area contributed by atoms with E-state index in [2.05, 4.69) is 5.32 Å². The summed E-state index contributed by atoms with van der Waals surface area (Å²) in [6, 6.07) is 10.5. The molecule has 2 aromatic carbocycles. The van der Waals surface area contributed by atoms with Crippen LogP contribution in [0.3, 0.4) is 0 Å². The number of nitrogens with one attached hydrogen (secondary N) is 1. The van der Waals surface area contributed by atoms with E-state index >= 15 is 0 Å². The molecular formula is C16H16ClNO3. The molecule has 0 spiro atoms. The first kappa shape index (κ1) is 15.2. The minimum absolute atomic E-state index is 0.271. The number of carbonyl (C=O) groups excluding carboxylic acids is 1. The van der Waals surface area contributed by atoms with E-state index in [1.165, 1.54) is 0 Å². The number of halogens is 1. The van der Waals surface area contributed by atoms with Crippen molar-refractivity contribution in [2.45, 2.75) is 6.92 Å². The molecule has 1 N–H and O–H groups in total. The molecule has 110 valence electrons. The summed E-state index contributed by atoms with van der Waals surface area (Å²) in [5.74, 6) is 0.876. The Hall–Kier alpha value is -2.20. The lowest BCUT2D eigenvalue weighted by molar-refractivity contribution is 0.102. The Labute approximate surface area is 128 Å². The van der Waals surface area contributed by atoms with E-state index in [9.17, 15) is 4.79 Å². The average molecular weight is 306 g/mol. The average Bonchev–Trinajstić information content (AvgIpc) is 2.46. The minimum atomic E-state index is -0.271. The molecule has 0 radical (unpaired) electrons. The normalized spacial score (nSPS) is 10.1. The Balaban J connectivity index is 2.23. The van der Waals surface area contributed by atoms with Gasteiger partial charge in [-0.25, -0.2) is 0 Å². The molecule has 0 aliphatic rings. The fourth-order valence-corrected chi connectivity index (χ4v) is 2.24. The number of aryl methyl sites for hydroxylation is 1. The van der Waals surface area contributed by atoms with Gasteiger partial charge in [-0.15, -0.1) is 0 Å².